The maximum atomic E-state index is 13.7. The minimum atomic E-state index is -4.90. The lowest BCUT2D eigenvalue weighted by Gasteiger charge is -2.18. The second kappa shape index (κ2) is 11.4. The van der Waals surface area contributed by atoms with E-state index in [-0.39, 0.29) is 21.2 Å². The summed E-state index contributed by atoms with van der Waals surface area (Å²) in [6.07, 6.45) is -7.40. The van der Waals surface area contributed by atoms with Crippen LogP contribution in [0.5, 0.6) is 0 Å². The molecule has 36 heavy (non-hydrogen) atoms. The molecule has 198 valence electrons. The SMILES string of the molecule is Cc1cc(/C=C/C(c2cc(Cl)cc(Cl)c2)C(F)(F)F)ccc1C(=O)N[C@H](C)CS(=O)(=O)CC(F)(F)F. The second-order valence-electron chi connectivity index (χ2n) is 8.20. The molecule has 0 radical (unpaired) electrons. The fourth-order valence-corrected chi connectivity index (χ4v) is 5.45. The topological polar surface area (TPSA) is 63.2 Å². The van der Waals surface area contributed by atoms with E-state index in [0.29, 0.717) is 11.1 Å². The van der Waals surface area contributed by atoms with Crippen molar-refractivity contribution in [2.75, 3.05) is 11.5 Å². The molecule has 1 N–H and O–H groups in total. The summed E-state index contributed by atoms with van der Waals surface area (Å²) in [4.78, 5) is 12.5. The zero-order valence-corrected chi connectivity index (χ0v) is 21.2. The van der Waals surface area contributed by atoms with Gasteiger partial charge in [-0.05, 0) is 54.8 Å². The van der Waals surface area contributed by atoms with Crippen LogP contribution < -0.4 is 5.32 Å². The Morgan fingerprint density at radius 3 is 2.11 bits per heavy atom. The maximum Gasteiger partial charge on any atom is 0.402 e. The van der Waals surface area contributed by atoms with Gasteiger partial charge in [0.25, 0.3) is 5.91 Å². The maximum absolute atomic E-state index is 13.7. The molecule has 4 nitrogen and oxygen atoms in total. The first-order chi connectivity index (χ1) is 16.4. The van der Waals surface area contributed by atoms with Crippen LogP contribution in [0.2, 0.25) is 10.0 Å². The molecular weight excluding hydrogens is 555 g/mol. The van der Waals surface area contributed by atoms with Gasteiger partial charge in [-0.25, -0.2) is 8.42 Å². The van der Waals surface area contributed by atoms with E-state index in [1.807, 2.05) is 0 Å². The van der Waals surface area contributed by atoms with Gasteiger partial charge in [0.05, 0.1) is 11.7 Å². The standard InChI is InChI=1S/C23H21Cl2F6NO3S/c1-13-7-15(4-6-20(23(29,30)31)16-8-17(24)10-18(25)9-16)3-5-19(13)21(33)32-14(2)11-36(34,35)12-22(26,27)28/h3-10,14,20H,11-12H2,1-2H3,(H,32,33)/b6-4+/t14-,20?/m1/s1. The number of hydrogen-bond donors (Lipinski definition) is 1. The van der Waals surface area contributed by atoms with E-state index >= 15 is 0 Å². The van der Waals surface area contributed by atoms with Crippen molar-refractivity contribution in [1.82, 2.24) is 5.32 Å². The fraction of sp³-hybridized carbons (Fsp3) is 0.348. The number of benzene rings is 2. The van der Waals surface area contributed by atoms with Crippen LogP contribution in [0.4, 0.5) is 26.3 Å². The highest BCUT2D eigenvalue weighted by Gasteiger charge is 2.39. The number of alkyl halides is 6. The molecule has 0 bridgehead atoms. The molecule has 0 fully saturated rings. The van der Waals surface area contributed by atoms with E-state index in [0.717, 1.165) is 18.2 Å². The third-order valence-electron chi connectivity index (χ3n) is 4.84. The largest absolute Gasteiger partial charge is 0.402 e. The average molecular weight is 576 g/mol. The molecular formula is C23H21Cl2F6NO3S. The van der Waals surface area contributed by atoms with E-state index in [2.05, 4.69) is 5.32 Å². The second-order valence-corrected chi connectivity index (χ2v) is 11.2. The summed E-state index contributed by atoms with van der Waals surface area (Å²) in [6, 6.07) is 6.65. The molecule has 0 heterocycles. The third-order valence-corrected chi connectivity index (χ3v) is 7.05. The first-order valence-electron chi connectivity index (χ1n) is 10.3. The zero-order chi connectivity index (χ0) is 27.5. The molecule has 0 saturated carbocycles. The number of halogens is 8. The van der Waals surface area contributed by atoms with Gasteiger partial charge in [-0.3, -0.25) is 4.79 Å². The minimum Gasteiger partial charge on any atom is -0.349 e. The zero-order valence-electron chi connectivity index (χ0n) is 18.8. The van der Waals surface area contributed by atoms with Crippen molar-refractivity contribution in [2.45, 2.75) is 38.2 Å². The number of aryl methyl sites for hydroxylation is 1. The van der Waals surface area contributed by atoms with Gasteiger partial charge in [0.1, 0.15) is 5.75 Å². The van der Waals surface area contributed by atoms with Gasteiger partial charge in [0.15, 0.2) is 9.84 Å². The van der Waals surface area contributed by atoms with Crippen LogP contribution >= 0.6 is 23.2 Å². The number of hydrogen-bond acceptors (Lipinski definition) is 3. The molecule has 2 aromatic carbocycles. The van der Waals surface area contributed by atoms with Gasteiger partial charge in [0.2, 0.25) is 0 Å². The molecule has 0 aliphatic heterocycles. The van der Waals surface area contributed by atoms with Crippen LogP contribution in [-0.2, 0) is 9.84 Å². The molecule has 1 amide bonds. The number of allylic oxidation sites excluding steroid dienone is 1. The Labute approximate surface area is 214 Å². The lowest BCUT2D eigenvalue weighted by molar-refractivity contribution is -0.139. The van der Waals surface area contributed by atoms with Gasteiger partial charge in [-0.2, -0.15) is 26.3 Å². The number of nitrogens with one attached hydrogen (secondary N) is 1. The Morgan fingerprint density at radius 1 is 1.03 bits per heavy atom. The highest BCUT2D eigenvalue weighted by molar-refractivity contribution is 7.91. The van der Waals surface area contributed by atoms with Crippen molar-refractivity contribution in [3.8, 4) is 0 Å². The third kappa shape index (κ3) is 9.33. The van der Waals surface area contributed by atoms with Crippen LogP contribution in [0, 0.1) is 6.92 Å². The van der Waals surface area contributed by atoms with Crippen molar-refractivity contribution in [1.29, 1.82) is 0 Å². The van der Waals surface area contributed by atoms with Crippen molar-refractivity contribution >= 4 is 45.0 Å². The smallest absolute Gasteiger partial charge is 0.349 e. The quantitative estimate of drug-likeness (QED) is 0.354. The van der Waals surface area contributed by atoms with Crippen molar-refractivity contribution < 1.29 is 39.6 Å². The lowest BCUT2D eigenvalue weighted by atomic mass is 9.96. The van der Waals surface area contributed by atoms with E-state index in [9.17, 15) is 39.6 Å². The average Bonchev–Trinajstić information content (AvgIpc) is 2.63. The predicted molar refractivity (Wildman–Crippen MR) is 127 cm³/mol. The highest BCUT2D eigenvalue weighted by atomic mass is 35.5. The molecule has 13 heteroatoms. The molecule has 0 aromatic heterocycles. The van der Waals surface area contributed by atoms with Crippen LogP contribution in [0.1, 0.15) is 39.9 Å². The first-order valence-corrected chi connectivity index (χ1v) is 12.8. The van der Waals surface area contributed by atoms with Gasteiger partial charge in [-0.15, -0.1) is 0 Å². The normalized spacial score (nSPS) is 14.6. The molecule has 0 spiro atoms. The summed E-state index contributed by atoms with van der Waals surface area (Å²) in [5.41, 5.74) is 0.626. The molecule has 0 aliphatic rings. The number of amides is 1. The van der Waals surface area contributed by atoms with Crippen molar-refractivity contribution in [3.63, 3.8) is 0 Å². The Kier molecular flexibility index (Phi) is 9.52. The van der Waals surface area contributed by atoms with Crippen LogP contribution in [0.3, 0.4) is 0 Å². The lowest BCUT2D eigenvalue weighted by Crippen LogP contribution is -2.39. The highest BCUT2D eigenvalue weighted by Crippen LogP contribution is 2.38. The molecule has 0 aliphatic carbocycles. The Balaban J connectivity index is 2.18. The van der Waals surface area contributed by atoms with Crippen molar-refractivity contribution in [3.05, 3.63) is 74.8 Å². The summed E-state index contributed by atoms with van der Waals surface area (Å²) >= 11 is 11.7. The fourth-order valence-electron chi connectivity index (χ4n) is 3.45. The van der Waals surface area contributed by atoms with Gasteiger partial charge >= 0.3 is 12.4 Å². The first kappa shape index (κ1) is 30.0. The monoisotopic (exact) mass is 575 g/mol. The van der Waals surface area contributed by atoms with Gasteiger partial charge < -0.3 is 5.32 Å². The van der Waals surface area contributed by atoms with Crippen LogP contribution in [0.15, 0.2) is 42.5 Å². The summed E-state index contributed by atoms with van der Waals surface area (Å²) in [6.45, 7) is 2.76. The van der Waals surface area contributed by atoms with Crippen LogP contribution in [0.25, 0.3) is 6.08 Å². The molecule has 1 unspecified atom stereocenters. The molecule has 2 rings (SSSR count). The molecule has 2 atom stereocenters. The molecule has 0 saturated heterocycles. The van der Waals surface area contributed by atoms with Gasteiger partial charge in [-0.1, -0.05) is 47.5 Å². The molecule has 2 aromatic rings. The van der Waals surface area contributed by atoms with Crippen LogP contribution in [-0.4, -0.2) is 44.2 Å². The summed E-state index contributed by atoms with van der Waals surface area (Å²) in [5.74, 6) is -5.65. The van der Waals surface area contributed by atoms with Gasteiger partial charge in [0, 0.05) is 21.7 Å². The summed E-state index contributed by atoms with van der Waals surface area (Å²) < 4.78 is 101. The number of carbonyl (C=O) groups is 1. The van der Waals surface area contributed by atoms with E-state index < -0.39 is 51.6 Å². The predicted octanol–water partition coefficient (Wildman–Crippen LogP) is 6.76. The van der Waals surface area contributed by atoms with Crippen molar-refractivity contribution in [2.24, 2.45) is 0 Å². The Hall–Kier alpha value is -2.24. The number of carbonyl (C=O) groups excluding carboxylic acids is 1. The van der Waals surface area contributed by atoms with E-state index in [4.69, 9.17) is 23.2 Å². The summed E-state index contributed by atoms with van der Waals surface area (Å²) in [7, 11) is -4.50. The minimum absolute atomic E-state index is 0.0480. The Bertz CT molecular complexity index is 1220. The summed E-state index contributed by atoms with van der Waals surface area (Å²) in [5, 5.41) is 2.42. The van der Waals surface area contributed by atoms with E-state index in [1.54, 1.807) is 0 Å². The number of rotatable bonds is 8. The van der Waals surface area contributed by atoms with E-state index in [1.165, 1.54) is 44.2 Å². The number of sulfone groups is 1. The Morgan fingerprint density at radius 2 is 1.61 bits per heavy atom.